The molecule has 0 aliphatic heterocycles. The molecule has 1 aromatic rings. The third-order valence-electron chi connectivity index (χ3n) is 3.97. The van der Waals surface area contributed by atoms with Gasteiger partial charge in [0.15, 0.2) is 0 Å². The van der Waals surface area contributed by atoms with Gasteiger partial charge in [-0.2, -0.15) is 0 Å². The Hall–Kier alpha value is -1.06. The number of esters is 1. The van der Waals surface area contributed by atoms with E-state index >= 15 is 0 Å². The SMILES string of the molecule is CN[C@H]1CCc2cc(Cl)ccc2[C@@H]1CCC(=O)OC. The van der Waals surface area contributed by atoms with E-state index in [0.29, 0.717) is 18.4 Å². The van der Waals surface area contributed by atoms with Gasteiger partial charge in [-0.25, -0.2) is 0 Å². The van der Waals surface area contributed by atoms with Gasteiger partial charge in [0.1, 0.15) is 0 Å². The first-order chi connectivity index (χ1) is 9.15. The van der Waals surface area contributed by atoms with Crippen LogP contribution in [0.5, 0.6) is 0 Å². The number of hydrogen-bond donors (Lipinski definition) is 1. The molecule has 2 atom stereocenters. The number of nitrogens with one attached hydrogen (secondary N) is 1. The van der Waals surface area contributed by atoms with Crippen molar-refractivity contribution in [1.82, 2.24) is 5.32 Å². The summed E-state index contributed by atoms with van der Waals surface area (Å²) in [5.41, 5.74) is 2.63. The Kier molecular flexibility index (Phi) is 4.83. The Morgan fingerprint density at radius 3 is 3.00 bits per heavy atom. The number of benzene rings is 1. The van der Waals surface area contributed by atoms with Crippen molar-refractivity contribution >= 4 is 17.6 Å². The van der Waals surface area contributed by atoms with E-state index in [-0.39, 0.29) is 5.97 Å². The Morgan fingerprint density at radius 2 is 2.32 bits per heavy atom. The number of carbonyl (C=O) groups is 1. The minimum atomic E-state index is -0.143. The molecule has 0 unspecified atom stereocenters. The van der Waals surface area contributed by atoms with Crippen LogP contribution in [0.25, 0.3) is 0 Å². The molecule has 1 aromatic carbocycles. The quantitative estimate of drug-likeness (QED) is 0.863. The number of ether oxygens (including phenoxy) is 1. The van der Waals surface area contributed by atoms with Crippen molar-refractivity contribution in [3.8, 4) is 0 Å². The number of carbonyl (C=O) groups excluding carboxylic acids is 1. The average molecular weight is 282 g/mol. The lowest BCUT2D eigenvalue weighted by Gasteiger charge is -2.33. The molecule has 0 amide bonds. The molecular formula is C15H20ClNO2. The van der Waals surface area contributed by atoms with Crippen LogP contribution in [-0.2, 0) is 16.0 Å². The number of aryl methyl sites for hydroxylation is 1. The van der Waals surface area contributed by atoms with Crippen molar-refractivity contribution < 1.29 is 9.53 Å². The zero-order chi connectivity index (χ0) is 13.8. The van der Waals surface area contributed by atoms with E-state index < -0.39 is 0 Å². The van der Waals surface area contributed by atoms with Crippen molar-refractivity contribution in [3.63, 3.8) is 0 Å². The highest BCUT2D eigenvalue weighted by Gasteiger charge is 2.28. The molecule has 104 valence electrons. The molecule has 0 saturated carbocycles. The Bertz CT molecular complexity index is 461. The summed E-state index contributed by atoms with van der Waals surface area (Å²) in [6.07, 6.45) is 3.39. The fraction of sp³-hybridized carbons (Fsp3) is 0.533. The first kappa shape index (κ1) is 14.4. The summed E-state index contributed by atoms with van der Waals surface area (Å²) in [4.78, 5) is 11.4. The van der Waals surface area contributed by atoms with E-state index in [0.717, 1.165) is 24.3 Å². The highest BCUT2D eigenvalue weighted by molar-refractivity contribution is 6.30. The molecule has 19 heavy (non-hydrogen) atoms. The van der Waals surface area contributed by atoms with Crippen LogP contribution in [0.15, 0.2) is 18.2 Å². The lowest BCUT2D eigenvalue weighted by Crippen LogP contribution is -2.36. The number of likely N-dealkylation sites (N-methyl/N-ethyl adjacent to an activating group) is 1. The summed E-state index contributed by atoms with van der Waals surface area (Å²) < 4.78 is 4.74. The third-order valence-corrected chi connectivity index (χ3v) is 4.21. The molecule has 0 radical (unpaired) electrons. The smallest absolute Gasteiger partial charge is 0.305 e. The summed E-state index contributed by atoms with van der Waals surface area (Å²) in [6.45, 7) is 0. The van der Waals surface area contributed by atoms with Gasteiger partial charge in [0.25, 0.3) is 0 Å². The number of methoxy groups -OCH3 is 1. The highest BCUT2D eigenvalue weighted by atomic mass is 35.5. The fourth-order valence-corrected chi connectivity index (χ4v) is 3.15. The molecule has 0 aromatic heterocycles. The van der Waals surface area contributed by atoms with Crippen molar-refractivity contribution in [2.24, 2.45) is 0 Å². The second-order valence-electron chi connectivity index (χ2n) is 5.00. The van der Waals surface area contributed by atoms with Crippen molar-refractivity contribution in [2.75, 3.05) is 14.2 Å². The van der Waals surface area contributed by atoms with E-state index in [1.807, 2.05) is 19.2 Å². The molecule has 0 bridgehead atoms. The molecular weight excluding hydrogens is 262 g/mol. The maximum Gasteiger partial charge on any atom is 0.305 e. The number of halogens is 1. The fourth-order valence-electron chi connectivity index (χ4n) is 2.96. The van der Waals surface area contributed by atoms with Crippen LogP contribution in [0, 0.1) is 0 Å². The van der Waals surface area contributed by atoms with Gasteiger partial charge < -0.3 is 10.1 Å². The molecule has 1 aliphatic rings. The predicted molar refractivity (Wildman–Crippen MR) is 76.6 cm³/mol. The van der Waals surface area contributed by atoms with Gasteiger partial charge in [0, 0.05) is 23.4 Å². The largest absolute Gasteiger partial charge is 0.469 e. The molecule has 0 saturated heterocycles. The van der Waals surface area contributed by atoms with Crippen LogP contribution in [0.1, 0.15) is 36.3 Å². The maximum absolute atomic E-state index is 11.4. The zero-order valence-electron chi connectivity index (χ0n) is 11.4. The Labute approximate surface area is 119 Å². The molecule has 1 N–H and O–H groups in total. The van der Waals surface area contributed by atoms with Gasteiger partial charge in [-0.05, 0) is 49.6 Å². The first-order valence-corrected chi connectivity index (χ1v) is 7.06. The van der Waals surface area contributed by atoms with Crippen LogP contribution < -0.4 is 5.32 Å². The van der Waals surface area contributed by atoms with Gasteiger partial charge in [-0.15, -0.1) is 0 Å². The zero-order valence-corrected chi connectivity index (χ0v) is 12.2. The van der Waals surface area contributed by atoms with Crippen LogP contribution in [0.3, 0.4) is 0 Å². The summed E-state index contributed by atoms with van der Waals surface area (Å²) in [7, 11) is 3.42. The van der Waals surface area contributed by atoms with Crippen LogP contribution in [-0.4, -0.2) is 26.2 Å². The van der Waals surface area contributed by atoms with Gasteiger partial charge in [-0.1, -0.05) is 17.7 Å². The van der Waals surface area contributed by atoms with Crippen LogP contribution in [0.4, 0.5) is 0 Å². The van der Waals surface area contributed by atoms with Gasteiger partial charge in [0.05, 0.1) is 7.11 Å². The summed E-state index contributed by atoms with van der Waals surface area (Å²) in [5.74, 6) is 0.209. The second kappa shape index (κ2) is 6.40. The molecule has 0 heterocycles. The molecule has 4 heteroatoms. The minimum absolute atomic E-state index is 0.143. The highest BCUT2D eigenvalue weighted by Crippen LogP contribution is 2.36. The summed E-state index contributed by atoms with van der Waals surface area (Å²) >= 11 is 6.05. The lowest BCUT2D eigenvalue weighted by atomic mass is 9.77. The number of rotatable bonds is 4. The maximum atomic E-state index is 11.4. The van der Waals surface area contributed by atoms with Crippen LogP contribution >= 0.6 is 11.6 Å². The average Bonchev–Trinajstić information content (AvgIpc) is 2.43. The first-order valence-electron chi connectivity index (χ1n) is 6.68. The van der Waals surface area contributed by atoms with E-state index in [1.165, 1.54) is 18.2 Å². The predicted octanol–water partition coefficient (Wildman–Crippen LogP) is 2.91. The Balaban J connectivity index is 2.20. The molecule has 1 aliphatic carbocycles. The topological polar surface area (TPSA) is 38.3 Å². The van der Waals surface area contributed by atoms with Gasteiger partial charge >= 0.3 is 5.97 Å². The number of fused-ring (bicyclic) bond motifs is 1. The van der Waals surface area contributed by atoms with E-state index in [2.05, 4.69) is 11.4 Å². The number of hydrogen-bond acceptors (Lipinski definition) is 3. The molecule has 2 rings (SSSR count). The standard InChI is InChI=1S/C15H20ClNO2/c1-17-14-7-3-10-9-11(16)4-5-12(10)13(14)6-8-15(18)19-2/h4-5,9,13-14,17H,3,6-8H2,1-2H3/t13-,14-/m0/s1. The Morgan fingerprint density at radius 1 is 1.53 bits per heavy atom. The third kappa shape index (κ3) is 3.28. The molecule has 0 spiro atoms. The second-order valence-corrected chi connectivity index (χ2v) is 5.43. The van der Waals surface area contributed by atoms with Crippen molar-refractivity contribution in [1.29, 1.82) is 0 Å². The van der Waals surface area contributed by atoms with E-state index in [9.17, 15) is 4.79 Å². The molecule has 3 nitrogen and oxygen atoms in total. The van der Waals surface area contributed by atoms with E-state index in [1.54, 1.807) is 0 Å². The van der Waals surface area contributed by atoms with E-state index in [4.69, 9.17) is 16.3 Å². The monoisotopic (exact) mass is 281 g/mol. The minimum Gasteiger partial charge on any atom is -0.469 e. The summed E-state index contributed by atoms with van der Waals surface area (Å²) in [6, 6.07) is 6.50. The lowest BCUT2D eigenvalue weighted by molar-refractivity contribution is -0.140. The van der Waals surface area contributed by atoms with Crippen molar-refractivity contribution in [2.45, 2.75) is 37.6 Å². The molecule has 0 fully saturated rings. The van der Waals surface area contributed by atoms with Gasteiger partial charge in [0.2, 0.25) is 0 Å². The van der Waals surface area contributed by atoms with Crippen LogP contribution in [0.2, 0.25) is 5.02 Å². The normalized spacial score (nSPS) is 21.8. The van der Waals surface area contributed by atoms with Gasteiger partial charge in [-0.3, -0.25) is 4.79 Å². The van der Waals surface area contributed by atoms with Crippen molar-refractivity contribution in [3.05, 3.63) is 34.3 Å². The summed E-state index contributed by atoms with van der Waals surface area (Å²) in [5, 5.41) is 4.15.